The molecule has 3 rings (SSSR count). The van der Waals surface area contributed by atoms with Crippen LogP contribution in [-0.2, 0) is 4.79 Å². The van der Waals surface area contributed by atoms with Crippen LogP contribution in [0.1, 0.15) is 86.9 Å². The molecule has 0 aliphatic heterocycles. The van der Waals surface area contributed by atoms with E-state index < -0.39 is 6.10 Å². The molecule has 25 heavy (non-hydrogen) atoms. The highest BCUT2D eigenvalue weighted by Gasteiger charge is 2.30. The van der Waals surface area contributed by atoms with Gasteiger partial charge in [-0.3, -0.25) is 9.59 Å². The number of aliphatic hydroxyl groups is 1. The van der Waals surface area contributed by atoms with Crippen molar-refractivity contribution in [1.29, 1.82) is 0 Å². The molecule has 1 heterocycles. The van der Waals surface area contributed by atoms with Crippen LogP contribution < -0.4 is 5.32 Å². The second-order valence-electron chi connectivity index (χ2n) is 7.57. The Morgan fingerprint density at radius 1 is 1.28 bits per heavy atom. The minimum absolute atomic E-state index is 0.0641. The third-order valence-corrected chi connectivity index (χ3v) is 5.37. The van der Waals surface area contributed by atoms with Gasteiger partial charge in [0.05, 0.1) is 12.5 Å². The Morgan fingerprint density at radius 3 is 2.64 bits per heavy atom. The SMILES string of the molecule is CC[C@H](O)CC(=O)NC1CCC(CC(=O)c2cc(C3CC3)on2)CC1. The van der Waals surface area contributed by atoms with Crippen LogP contribution in [0.15, 0.2) is 10.6 Å². The van der Waals surface area contributed by atoms with Gasteiger partial charge in [-0.25, -0.2) is 0 Å². The number of nitrogens with one attached hydrogen (secondary N) is 1. The molecule has 2 saturated carbocycles. The van der Waals surface area contributed by atoms with E-state index in [2.05, 4.69) is 10.5 Å². The topological polar surface area (TPSA) is 92.4 Å². The summed E-state index contributed by atoms with van der Waals surface area (Å²) in [6, 6.07) is 1.97. The number of aromatic nitrogens is 1. The van der Waals surface area contributed by atoms with Crippen molar-refractivity contribution in [2.24, 2.45) is 5.92 Å². The van der Waals surface area contributed by atoms with Gasteiger partial charge in [0, 0.05) is 24.4 Å². The highest BCUT2D eigenvalue weighted by molar-refractivity contribution is 5.94. The lowest BCUT2D eigenvalue weighted by Gasteiger charge is -2.28. The number of carbonyl (C=O) groups is 2. The van der Waals surface area contributed by atoms with Crippen molar-refractivity contribution in [3.8, 4) is 0 Å². The number of hydrogen-bond acceptors (Lipinski definition) is 5. The van der Waals surface area contributed by atoms with Crippen molar-refractivity contribution in [1.82, 2.24) is 10.5 Å². The van der Waals surface area contributed by atoms with Crippen molar-refractivity contribution in [2.45, 2.75) is 82.8 Å². The molecule has 2 N–H and O–H groups in total. The molecule has 6 heteroatoms. The quantitative estimate of drug-likeness (QED) is 0.705. The second-order valence-corrected chi connectivity index (χ2v) is 7.57. The number of nitrogens with zero attached hydrogens (tertiary/aromatic N) is 1. The Balaban J connectivity index is 1.39. The van der Waals surface area contributed by atoms with E-state index in [0.717, 1.165) is 44.3 Å². The van der Waals surface area contributed by atoms with E-state index in [1.165, 1.54) is 0 Å². The number of amides is 1. The lowest BCUT2D eigenvalue weighted by molar-refractivity contribution is -0.124. The van der Waals surface area contributed by atoms with Crippen LogP contribution >= 0.6 is 0 Å². The van der Waals surface area contributed by atoms with Crippen LogP contribution in [-0.4, -0.2) is 34.1 Å². The van der Waals surface area contributed by atoms with Gasteiger partial charge in [-0.2, -0.15) is 0 Å². The lowest BCUT2D eigenvalue weighted by Crippen LogP contribution is -2.39. The first kappa shape index (κ1) is 18.1. The molecular formula is C19H28N2O4. The summed E-state index contributed by atoms with van der Waals surface area (Å²) in [5.74, 6) is 1.66. The summed E-state index contributed by atoms with van der Waals surface area (Å²) >= 11 is 0. The Morgan fingerprint density at radius 2 is 2.00 bits per heavy atom. The lowest BCUT2D eigenvalue weighted by atomic mass is 9.82. The van der Waals surface area contributed by atoms with Gasteiger partial charge in [-0.05, 0) is 50.9 Å². The Hall–Kier alpha value is -1.69. The minimum atomic E-state index is -0.558. The van der Waals surface area contributed by atoms with Crippen molar-refractivity contribution >= 4 is 11.7 Å². The predicted molar refractivity (Wildman–Crippen MR) is 92.2 cm³/mol. The van der Waals surface area contributed by atoms with Crippen LogP contribution in [0, 0.1) is 5.92 Å². The van der Waals surface area contributed by atoms with E-state index in [4.69, 9.17) is 4.52 Å². The molecular weight excluding hydrogens is 320 g/mol. The second kappa shape index (κ2) is 8.13. The number of aliphatic hydroxyl groups excluding tert-OH is 1. The normalized spacial score (nSPS) is 24.7. The zero-order valence-corrected chi connectivity index (χ0v) is 14.9. The largest absolute Gasteiger partial charge is 0.393 e. The van der Waals surface area contributed by atoms with Gasteiger partial charge >= 0.3 is 0 Å². The minimum Gasteiger partial charge on any atom is -0.393 e. The molecule has 2 aliphatic rings. The van der Waals surface area contributed by atoms with Crippen LogP contribution in [0.4, 0.5) is 0 Å². The summed E-state index contributed by atoms with van der Waals surface area (Å²) in [6.45, 7) is 1.86. The van der Waals surface area contributed by atoms with Crippen molar-refractivity contribution in [3.63, 3.8) is 0 Å². The predicted octanol–water partition coefficient (Wildman–Crippen LogP) is 2.96. The van der Waals surface area contributed by atoms with Gasteiger partial charge in [0.2, 0.25) is 5.91 Å². The van der Waals surface area contributed by atoms with Gasteiger partial charge in [-0.15, -0.1) is 0 Å². The first-order valence-electron chi connectivity index (χ1n) is 9.52. The first-order valence-corrected chi connectivity index (χ1v) is 9.52. The molecule has 2 aliphatic carbocycles. The molecule has 1 aromatic rings. The number of carbonyl (C=O) groups excluding carboxylic acids is 2. The van der Waals surface area contributed by atoms with E-state index >= 15 is 0 Å². The summed E-state index contributed by atoms with van der Waals surface area (Å²) in [5, 5.41) is 16.5. The van der Waals surface area contributed by atoms with E-state index in [-0.39, 0.29) is 24.2 Å². The zero-order valence-electron chi connectivity index (χ0n) is 14.9. The highest BCUT2D eigenvalue weighted by atomic mass is 16.5. The smallest absolute Gasteiger partial charge is 0.222 e. The van der Waals surface area contributed by atoms with E-state index in [1.807, 2.05) is 13.0 Å². The Labute approximate surface area is 148 Å². The summed E-state index contributed by atoms with van der Waals surface area (Å²) in [7, 11) is 0. The van der Waals surface area contributed by atoms with Gasteiger partial charge < -0.3 is 14.9 Å². The summed E-state index contributed by atoms with van der Waals surface area (Å²) < 4.78 is 5.26. The molecule has 0 unspecified atom stereocenters. The van der Waals surface area contributed by atoms with Crippen molar-refractivity contribution in [3.05, 3.63) is 17.5 Å². The standard InChI is InChI=1S/C19H28N2O4/c1-2-15(22)10-19(24)20-14-7-3-12(4-8-14)9-17(23)16-11-18(25-21-16)13-5-6-13/h11-15,22H,2-10H2,1H3,(H,20,24)/t12?,14?,15-/m0/s1. The van der Waals surface area contributed by atoms with Crippen LogP contribution in [0.5, 0.6) is 0 Å². The maximum absolute atomic E-state index is 12.4. The van der Waals surface area contributed by atoms with Gasteiger partial charge in [0.15, 0.2) is 5.78 Å². The van der Waals surface area contributed by atoms with Crippen LogP contribution in [0.25, 0.3) is 0 Å². The fourth-order valence-electron chi connectivity index (χ4n) is 3.50. The maximum Gasteiger partial charge on any atom is 0.222 e. The third kappa shape index (κ3) is 5.14. The Kier molecular flexibility index (Phi) is 5.89. The fraction of sp³-hybridized carbons (Fsp3) is 0.737. The molecule has 138 valence electrons. The van der Waals surface area contributed by atoms with Crippen molar-refractivity contribution < 1.29 is 19.2 Å². The zero-order chi connectivity index (χ0) is 17.8. The molecule has 1 aromatic heterocycles. The van der Waals surface area contributed by atoms with E-state index in [9.17, 15) is 14.7 Å². The van der Waals surface area contributed by atoms with Gasteiger partial charge in [0.1, 0.15) is 11.5 Å². The summed E-state index contributed by atoms with van der Waals surface area (Å²) in [6.07, 6.45) is 6.61. The van der Waals surface area contributed by atoms with Gasteiger partial charge in [0.25, 0.3) is 0 Å². The number of hydrogen-bond donors (Lipinski definition) is 2. The molecule has 0 radical (unpaired) electrons. The van der Waals surface area contributed by atoms with Gasteiger partial charge in [-0.1, -0.05) is 12.1 Å². The van der Waals surface area contributed by atoms with E-state index in [1.54, 1.807) is 0 Å². The number of rotatable bonds is 8. The molecule has 1 amide bonds. The summed E-state index contributed by atoms with van der Waals surface area (Å²) in [5.41, 5.74) is 0.464. The average Bonchev–Trinajstić information content (AvgIpc) is 3.33. The molecule has 0 aromatic carbocycles. The highest BCUT2D eigenvalue weighted by Crippen LogP contribution is 2.40. The average molecular weight is 348 g/mol. The van der Waals surface area contributed by atoms with Crippen LogP contribution in [0.3, 0.4) is 0 Å². The van der Waals surface area contributed by atoms with E-state index in [0.29, 0.717) is 30.4 Å². The van der Waals surface area contributed by atoms with Crippen molar-refractivity contribution in [2.75, 3.05) is 0 Å². The molecule has 6 nitrogen and oxygen atoms in total. The number of ketones is 1. The molecule has 1 atom stereocenters. The first-order chi connectivity index (χ1) is 12.0. The molecule has 0 bridgehead atoms. The maximum atomic E-state index is 12.4. The Bertz CT molecular complexity index is 600. The third-order valence-electron chi connectivity index (χ3n) is 5.37. The summed E-state index contributed by atoms with van der Waals surface area (Å²) in [4.78, 5) is 24.2. The molecule has 0 saturated heterocycles. The fourth-order valence-corrected chi connectivity index (χ4v) is 3.50. The van der Waals surface area contributed by atoms with Crippen LogP contribution in [0.2, 0.25) is 0 Å². The molecule has 0 spiro atoms. The molecule has 2 fully saturated rings. The number of Topliss-reactive ketones (excluding diaryl/α,β-unsaturated/α-hetero) is 1. The monoisotopic (exact) mass is 348 g/mol.